The van der Waals surface area contributed by atoms with Crippen molar-refractivity contribution < 1.29 is 5.11 Å². The van der Waals surface area contributed by atoms with Crippen molar-refractivity contribution in [1.29, 1.82) is 0 Å². The first-order valence-corrected chi connectivity index (χ1v) is 7.94. The summed E-state index contributed by atoms with van der Waals surface area (Å²) in [6, 6.07) is 0.419. The smallest absolute Gasteiger partial charge is 0.109 e. The molecule has 4 heteroatoms. The van der Waals surface area contributed by atoms with Crippen LogP contribution in [0.25, 0.3) is 12.3 Å². The van der Waals surface area contributed by atoms with Crippen molar-refractivity contribution in [2.45, 2.75) is 52.5 Å². The van der Waals surface area contributed by atoms with Gasteiger partial charge < -0.3 is 9.67 Å². The van der Waals surface area contributed by atoms with Crippen LogP contribution in [0, 0.1) is 11.8 Å². The van der Waals surface area contributed by atoms with Gasteiger partial charge in [-0.15, -0.1) is 0 Å². The fourth-order valence-electron chi connectivity index (χ4n) is 2.88. The van der Waals surface area contributed by atoms with Crippen molar-refractivity contribution in [1.82, 2.24) is 9.55 Å². The molecule has 1 heterocycles. The van der Waals surface area contributed by atoms with Gasteiger partial charge in [0.1, 0.15) is 5.35 Å². The number of nitrogens with zero attached hydrogens (tertiary/aromatic N) is 3. The summed E-state index contributed by atoms with van der Waals surface area (Å²) in [5.74, 6) is 0.907. The highest BCUT2D eigenvalue weighted by atomic mass is 16.3. The first kappa shape index (κ1) is 16.0. The SMILES string of the molecule is C=c1/c(=C(/C)N=CC(C)CC)ncn1C1CC[C@@H](CO)C1. The predicted octanol–water partition coefficient (Wildman–Crippen LogP) is 1.87. The fraction of sp³-hybridized carbons (Fsp3) is 0.647. The Hall–Kier alpha value is -1.42. The maximum atomic E-state index is 9.27. The van der Waals surface area contributed by atoms with E-state index in [1.807, 2.05) is 19.5 Å². The minimum atomic E-state index is 0.287. The summed E-state index contributed by atoms with van der Waals surface area (Å²) in [4.78, 5) is 9.03. The maximum Gasteiger partial charge on any atom is 0.109 e. The van der Waals surface area contributed by atoms with E-state index in [-0.39, 0.29) is 6.61 Å². The maximum absolute atomic E-state index is 9.27. The van der Waals surface area contributed by atoms with Crippen LogP contribution in [0.15, 0.2) is 11.3 Å². The Balaban J connectivity index is 2.24. The number of imidazole rings is 1. The summed E-state index contributed by atoms with van der Waals surface area (Å²) in [6.07, 6.45) is 8.16. The van der Waals surface area contributed by atoms with E-state index in [1.165, 1.54) is 0 Å². The van der Waals surface area contributed by atoms with Crippen LogP contribution >= 0.6 is 0 Å². The van der Waals surface area contributed by atoms with E-state index in [0.29, 0.717) is 17.9 Å². The number of aromatic nitrogens is 2. The van der Waals surface area contributed by atoms with Gasteiger partial charge in [-0.3, -0.25) is 4.99 Å². The van der Waals surface area contributed by atoms with Crippen LogP contribution in [0.2, 0.25) is 0 Å². The van der Waals surface area contributed by atoms with Gasteiger partial charge in [-0.05, 0) is 44.4 Å². The molecule has 4 nitrogen and oxygen atoms in total. The van der Waals surface area contributed by atoms with E-state index in [2.05, 4.69) is 35.0 Å². The summed E-state index contributed by atoms with van der Waals surface area (Å²) in [5, 5.41) is 11.1. The van der Waals surface area contributed by atoms with E-state index >= 15 is 0 Å². The van der Waals surface area contributed by atoms with E-state index in [0.717, 1.165) is 42.1 Å². The second-order valence-corrected chi connectivity index (χ2v) is 6.21. The molecule has 116 valence electrons. The topological polar surface area (TPSA) is 50.4 Å². The molecule has 1 fully saturated rings. The molecule has 0 aromatic carbocycles. The summed E-state index contributed by atoms with van der Waals surface area (Å²) in [5.41, 5.74) is 0.927. The normalized spacial score (nSPS) is 25.5. The van der Waals surface area contributed by atoms with Crippen molar-refractivity contribution in [3.05, 3.63) is 17.0 Å². The van der Waals surface area contributed by atoms with E-state index < -0.39 is 0 Å². The van der Waals surface area contributed by atoms with E-state index in [9.17, 15) is 5.11 Å². The highest BCUT2D eigenvalue weighted by Crippen LogP contribution is 2.32. The minimum absolute atomic E-state index is 0.287. The van der Waals surface area contributed by atoms with Crippen LogP contribution in [0.4, 0.5) is 0 Å². The number of aliphatic hydroxyl groups is 1. The summed E-state index contributed by atoms with van der Waals surface area (Å²) in [7, 11) is 0. The molecule has 0 bridgehead atoms. The molecule has 0 saturated heterocycles. The van der Waals surface area contributed by atoms with Crippen molar-refractivity contribution in [3.8, 4) is 0 Å². The Morgan fingerprint density at radius 2 is 2.38 bits per heavy atom. The Labute approximate surface area is 126 Å². The van der Waals surface area contributed by atoms with Crippen molar-refractivity contribution in [2.75, 3.05) is 6.61 Å². The zero-order valence-corrected chi connectivity index (χ0v) is 13.4. The van der Waals surface area contributed by atoms with Gasteiger partial charge in [-0.2, -0.15) is 0 Å². The van der Waals surface area contributed by atoms with Gasteiger partial charge >= 0.3 is 0 Å². The first-order chi connectivity index (χ1) is 10.1. The molecule has 21 heavy (non-hydrogen) atoms. The number of hydrogen-bond acceptors (Lipinski definition) is 3. The molecule has 1 saturated carbocycles. The quantitative estimate of drug-likeness (QED) is 0.841. The van der Waals surface area contributed by atoms with Gasteiger partial charge in [-0.25, -0.2) is 4.98 Å². The molecule has 1 aliphatic rings. The van der Waals surface area contributed by atoms with Crippen LogP contribution in [0.1, 0.15) is 52.5 Å². The third-order valence-electron chi connectivity index (χ3n) is 4.57. The number of hydrogen-bond donors (Lipinski definition) is 1. The van der Waals surface area contributed by atoms with Crippen LogP contribution in [-0.4, -0.2) is 27.5 Å². The molecule has 0 amide bonds. The molecule has 1 aromatic heterocycles. The average molecular weight is 289 g/mol. The molecule has 1 aliphatic carbocycles. The molecule has 1 N–H and O–H groups in total. The van der Waals surface area contributed by atoms with Crippen LogP contribution in [0.3, 0.4) is 0 Å². The average Bonchev–Trinajstić information content (AvgIpc) is 3.10. The predicted molar refractivity (Wildman–Crippen MR) is 87.5 cm³/mol. The summed E-state index contributed by atoms with van der Waals surface area (Å²) >= 11 is 0. The van der Waals surface area contributed by atoms with Gasteiger partial charge in [0.05, 0.1) is 17.4 Å². The highest BCUT2D eigenvalue weighted by molar-refractivity contribution is 5.66. The number of aliphatic hydroxyl groups excluding tert-OH is 1. The zero-order valence-electron chi connectivity index (χ0n) is 13.4. The minimum Gasteiger partial charge on any atom is -0.396 e. The lowest BCUT2D eigenvalue weighted by Crippen LogP contribution is -2.31. The van der Waals surface area contributed by atoms with Crippen molar-refractivity contribution in [3.63, 3.8) is 0 Å². The van der Waals surface area contributed by atoms with Crippen LogP contribution in [-0.2, 0) is 0 Å². The molecule has 0 aliphatic heterocycles. The summed E-state index contributed by atoms with van der Waals surface area (Å²) in [6.45, 7) is 10.8. The van der Waals surface area contributed by atoms with Gasteiger partial charge in [0.15, 0.2) is 0 Å². The molecule has 3 atom stereocenters. The van der Waals surface area contributed by atoms with E-state index in [4.69, 9.17) is 0 Å². The first-order valence-electron chi connectivity index (χ1n) is 7.94. The molecule has 2 unspecified atom stereocenters. The Bertz CT molecular complexity index is 602. The van der Waals surface area contributed by atoms with Gasteiger partial charge in [0.2, 0.25) is 0 Å². The molecular weight excluding hydrogens is 262 g/mol. The molecule has 0 radical (unpaired) electrons. The second kappa shape index (κ2) is 7.03. The number of aliphatic imine (C=N–C) groups is 1. The lowest BCUT2D eigenvalue weighted by molar-refractivity contribution is 0.226. The largest absolute Gasteiger partial charge is 0.396 e. The second-order valence-electron chi connectivity index (χ2n) is 6.21. The molecule has 1 aromatic rings. The molecular formula is C17H27N3O. The third-order valence-corrected chi connectivity index (χ3v) is 4.57. The van der Waals surface area contributed by atoms with Crippen molar-refractivity contribution >= 4 is 18.5 Å². The highest BCUT2D eigenvalue weighted by Gasteiger charge is 2.25. The fourth-order valence-corrected chi connectivity index (χ4v) is 2.88. The van der Waals surface area contributed by atoms with Gasteiger partial charge in [-0.1, -0.05) is 20.4 Å². The van der Waals surface area contributed by atoms with Crippen LogP contribution < -0.4 is 10.7 Å². The number of rotatable bonds is 5. The Morgan fingerprint density at radius 1 is 1.62 bits per heavy atom. The standard InChI is InChI=1S/C17H27N3O/c1-5-12(2)9-18-13(3)17-14(4)20(11-19-17)16-7-6-15(8-16)10-21/h9,11-12,15-16,21H,4-8,10H2,1-3H3/b17-13+,18-9?/t12?,15-,16?/m1/s1. The van der Waals surface area contributed by atoms with Crippen LogP contribution in [0.5, 0.6) is 0 Å². The van der Waals surface area contributed by atoms with Crippen molar-refractivity contribution in [2.24, 2.45) is 16.8 Å². The zero-order chi connectivity index (χ0) is 15.4. The Kier molecular flexibility index (Phi) is 5.34. The monoisotopic (exact) mass is 289 g/mol. The summed E-state index contributed by atoms with van der Waals surface area (Å²) < 4.78 is 2.16. The third kappa shape index (κ3) is 3.62. The molecule has 0 spiro atoms. The lowest BCUT2D eigenvalue weighted by Gasteiger charge is -2.11. The van der Waals surface area contributed by atoms with Gasteiger partial charge in [0, 0.05) is 18.9 Å². The van der Waals surface area contributed by atoms with Gasteiger partial charge in [0.25, 0.3) is 0 Å². The Morgan fingerprint density at radius 3 is 3.00 bits per heavy atom. The van der Waals surface area contributed by atoms with E-state index in [1.54, 1.807) is 0 Å². The molecule has 2 rings (SSSR count). The lowest BCUT2D eigenvalue weighted by atomic mass is 10.1.